The number of aromatic hydroxyl groups is 1. The van der Waals surface area contributed by atoms with Gasteiger partial charge >= 0.3 is 0 Å². The SMILES string of the molecule is CCOc1cc(-c2nc3sc4c(c3c(=O)[nH]2)CCCCC4)cc(Br)c1O. The van der Waals surface area contributed by atoms with E-state index in [2.05, 4.69) is 20.9 Å². The first-order valence-corrected chi connectivity index (χ1v) is 10.4. The lowest BCUT2D eigenvalue weighted by atomic mass is 10.1. The molecule has 1 aliphatic carbocycles. The third-order valence-electron chi connectivity index (χ3n) is 4.68. The Labute approximate surface area is 163 Å². The molecule has 2 heterocycles. The molecule has 26 heavy (non-hydrogen) atoms. The van der Waals surface area contributed by atoms with Crippen LogP contribution in [0, 0.1) is 0 Å². The van der Waals surface area contributed by atoms with Crippen molar-refractivity contribution in [3.8, 4) is 22.9 Å². The molecule has 4 rings (SSSR count). The van der Waals surface area contributed by atoms with Crippen molar-refractivity contribution < 1.29 is 9.84 Å². The monoisotopic (exact) mass is 434 g/mol. The molecule has 0 radical (unpaired) electrons. The third-order valence-corrected chi connectivity index (χ3v) is 6.47. The highest BCUT2D eigenvalue weighted by atomic mass is 79.9. The summed E-state index contributed by atoms with van der Waals surface area (Å²) in [4.78, 5) is 22.5. The fourth-order valence-corrected chi connectivity index (χ4v) is 5.16. The number of ether oxygens (including phenoxy) is 1. The van der Waals surface area contributed by atoms with Crippen LogP contribution in [-0.2, 0) is 12.8 Å². The van der Waals surface area contributed by atoms with E-state index >= 15 is 0 Å². The van der Waals surface area contributed by atoms with E-state index in [9.17, 15) is 9.90 Å². The van der Waals surface area contributed by atoms with Gasteiger partial charge in [-0.2, -0.15) is 0 Å². The Balaban J connectivity index is 1.87. The Morgan fingerprint density at radius 2 is 2.12 bits per heavy atom. The van der Waals surface area contributed by atoms with Crippen LogP contribution >= 0.6 is 27.3 Å². The standard InChI is InChI=1S/C19H19BrN2O3S/c1-2-25-13-9-10(8-12(20)16(13)23)17-21-18(24)15-11-6-4-3-5-7-14(11)26-19(15)22-17/h8-9,23H,2-7H2,1H3,(H,21,22,24). The number of thiophene rings is 1. The highest BCUT2D eigenvalue weighted by Crippen LogP contribution is 2.39. The molecule has 1 aromatic carbocycles. The van der Waals surface area contributed by atoms with Gasteiger partial charge in [0.1, 0.15) is 10.7 Å². The van der Waals surface area contributed by atoms with E-state index in [1.165, 1.54) is 23.3 Å². The molecule has 136 valence electrons. The quantitative estimate of drug-likeness (QED) is 0.581. The molecule has 0 saturated carbocycles. The Kier molecular flexibility index (Phi) is 4.75. The molecule has 0 saturated heterocycles. The number of phenolic OH excluding ortho intramolecular Hbond substituents is 1. The average molecular weight is 435 g/mol. The summed E-state index contributed by atoms with van der Waals surface area (Å²) in [7, 11) is 0. The van der Waals surface area contributed by atoms with Gasteiger partial charge in [-0.05, 0) is 66.2 Å². The van der Waals surface area contributed by atoms with Crippen molar-refractivity contribution >= 4 is 37.5 Å². The van der Waals surface area contributed by atoms with Crippen LogP contribution in [0.25, 0.3) is 21.6 Å². The molecular weight excluding hydrogens is 416 g/mol. The van der Waals surface area contributed by atoms with E-state index in [-0.39, 0.29) is 11.3 Å². The molecule has 0 amide bonds. The van der Waals surface area contributed by atoms with Crippen LogP contribution in [0.15, 0.2) is 21.4 Å². The van der Waals surface area contributed by atoms with Crippen LogP contribution in [0.3, 0.4) is 0 Å². The van der Waals surface area contributed by atoms with Crippen molar-refractivity contribution in [1.29, 1.82) is 0 Å². The van der Waals surface area contributed by atoms with Gasteiger partial charge in [0, 0.05) is 10.4 Å². The lowest BCUT2D eigenvalue weighted by molar-refractivity contribution is 0.317. The predicted octanol–water partition coefficient (Wildman–Crippen LogP) is 4.79. The number of hydrogen-bond acceptors (Lipinski definition) is 5. The molecule has 7 heteroatoms. The summed E-state index contributed by atoms with van der Waals surface area (Å²) in [6.07, 6.45) is 5.51. The zero-order valence-electron chi connectivity index (χ0n) is 14.4. The number of fused-ring (bicyclic) bond motifs is 3. The number of phenols is 1. The molecule has 2 N–H and O–H groups in total. The lowest BCUT2D eigenvalue weighted by Gasteiger charge is -2.10. The fourth-order valence-electron chi connectivity index (χ4n) is 3.45. The Hall–Kier alpha value is -1.86. The summed E-state index contributed by atoms with van der Waals surface area (Å²) in [6.45, 7) is 2.29. The number of H-pyrrole nitrogens is 1. The zero-order chi connectivity index (χ0) is 18.3. The molecule has 0 unspecified atom stereocenters. The van der Waals surface area contributed by atoms with E-state index < -0.39 is 0 Å². The molecule has 0 spiro atoms. The van der Waals surface area contributed by atoms with Crippen LogP contribution in [0.4, 0.5) is 0 Å². The molecule has 0 bridgehead atoms. The average Bonchev–Trinajstić information content (AvgIpc) is 2.81. The minimum absolute atomic E-state index is 0.0434. The molecule has 0 atom stereocenters. The Bertz CT molecular complexity index is 1040. The summed E-state index contributed by atoms with van der Waals surface area (Å²) in [5.41, 5.74) is 1.79. The number of halogens is 1. The molecule has 0 aliphatic heterocycles. The van der Waals surface area contributed by atoms with E-state index in [1.807, 2.05) is 6.92 Å². The van der Waals surface area contributed by atoms with Crippen LogP contribution in [0.1, 0.15) is 36.6 Å². The number of nitrogens with one attached hydrogen (secondary N) is 1. The van der Waals surface area contributed by atoms with Crippen LogP contribution in [0.2, 0.25) is 0 Å². The second kappa shape index (κ2) is 7.04. The van der Waals surface area contributed by atoms with Crippen LogP contribution in [0.5, 0.6) is 11.5 Å². The van der Waals surface area contributed by atoms with Gasteiger partial charge in [0.05, 0.1) is 16.5 Å². The van der Waals surface area contributed by atoms with E-state index in [0.29, 0.717) is 28.2 Å². The Morgan fingerprint density at radius 3 is 2.92 bits per heavy atom. The van der Waals surface area contributed by atoms with Gasteiger partial charge in [-0.25, -0.2) is 4.98 Å². The molecule has 0 fully saturated rings. The van der Waals surface area contributed by atoms with E-state index in [1.54, 1.807) is 23.5 Å². The summed E-state index contributed by atoms with van der Waals surface area (Å²) in [5.74, 6) is 0.893. The maximum absolute atomic E-state index is 12.8. The van der Waals surface area contributed by atoms with Crippen molar-refractivity contribution in [2.45, 2.75) is 39.0 Å². The summed E-state index contributed by atoms with van der Waals surface area (Å²) < 4.78 is 5.98. The van der Waals surface area contributed by atoms with Crippen molar-refractivity contribution in [2.75, 3.05) is 6.61 Å². The third kappa shape index (κ3) is 3.03. The summed E-state index contributed by atoms with van der Waals surface area (Å²) in [6, 6.07) is 3.44. The second-order valence-electron chi connectivity index (χ2n) is 6.40. The van der Waals surface area contributed by atoms with Gasteiger partial charge in [0.15, 0.2) is 11.5 Å². The van der Waals surface area contributed by atoms with Crippen molar-refractivity contribution in [3.63, 3.8) is 0 Å². The minimum Gasteiger partial charge on any atom is -0.503 e. The van der Waals surface area contributed by atoms with Crippen LogP contribution in [-0.4, -0.2) is 21.7 Å². The number of nitrogens with zero attached hydrogens (tertiary/aromatic N) is 1. The predicted molar refractivity (Wildman–Crippen MR) is 107 cm³/mol. The second-order valence-corrected chi connectivity index (χ2v) is 8.33. The maximum Gasteiger partial charge on any atom is 0.260 e. The number of benzene rings is 1. The molecule has 3 aromatic rings. The van der Waals surface area contributed by atoms with Crippen molar-refractivity contribution in [2.24, 2.45) is 0 Å². The first-order chi connectivity index (χ1) is 12.6. The first kappa shape index (κ1) is 17.5. The number of aromatic nitrogens is 2. The van der Waals surface area contributed by atoms with Gasteiger partial charge in [0.2, 0.25) is 0 Å². The zero-order valence-corrected chi connectivity index (χ0v) is 16.8. The lowest BCUT2D eigenvalue weighted by Crippen LogP contribution is -2.10. The molecular formula is C19H19BrN2O3S. The van der Waals surface area contributed by atoms with Crippen molar-refractivity contribution in [1.82, 2.24) is 9.97 Å². The number of aromatic amines is 1. The minimum atomic E-state index is -0.0912. The fraction of sp³-hybridized carbons (Fsp3) is 0.368. The van der Waals surface area contributed by atoms with Gasteiger partial charge in [-0.1, -0.05) is 6.42 Å². The van der Waals surface area contributed by atoms with E-state index in [0.717, 1.165) is 29.5 Å². The summed E-state index contributed by atoms with van der Waals surface area (Å²) in [5, 5.41) is 10.8. The largest absolute Gasteiger partial charge is 0.503 e. The van der Waals surface area contributed by atoms with Crippen molar-refractivity contribution in [3.05, 3.63) is 37.4 Å². The number of rotatable bonds is 3. The Morgan fingerprint density at radius 1 is 1.31 bits per heavy atom. The first-order valence-electron chi connectivity index (χ1n) is 8.78. The smallest absolute Gasteiger partial charge is 0.260 e. The van der Waals surface area contributed by atoms with Crippen LogP contribution < -0.4 is 10.3 Å². The molecule has 5 nitrogen and oxygen atoms in total. The van der Waals surface area contributed by atoms with Gasteiger partial charge in [-0.3, -0.25) is 4.79 Å². The van der Waals surface area contributed by atoms with Gasteiger partial charge < -0.3 is 14.8 Å². The highest BCUT2D eigenvalue weighted by molar-refractivity contribution is 9.10. The maximum atomic E-state index is 12.8. The number of hydrogen-bond donors (Lipinski definition) is 2. The van der Waals surface area contributed by atoms with Gasteiger partial charge in [-0.15, -0.1) is 11.3 Å². The van der Waals surface area contributed by atoms with E-state index in [4.69, 9.17) is 9.72 Å². The summed E-state index contributed by atoms with van der Waals surface area (Å²) >= 11 is 4.97. The molecule has 2 aromatic heterocycles. The number of aryl methyl sites for hydroxylation is 2. The highest BCUT2D eigenvalue weighted by Gasteiger charge is 2.20. The normalized spacial score (nSPS) is 14.2. The van der Waals surface area contributed by atoms with Gasteiger partial charge in [0.25, 0.3) is 5.56 Å². The topological polar surface area (TPSA) is 75.2 Å². The molecule has 1 aliphatic rings.